The molecule has 0 spiro atoms. The second-order valence-electron chi connectivity index (χ2n) is 7.15. The Kier molecular flexibility index (Phi) is 8.01. The van der Waals surface area contributed by atoms with Gasteiger partial charge in [0.1, 0.15) is 0 Å². The van der Waals surface area contributed by atoms with E-state index in [1.54, 1.807) is 0 Å². The molecule has 1 heterocycles. The average Bonchev–Trinajstić information content (AvgIpc) is 2.55. The summed E-state index contributed by atoms with van der Waals surface area (Å²) in [6, 6.07) is 0.635. The molecule has 2 heteroatoms. The molecule has 1 fully saturated rings. The first kappa shape index (κ1) is 17.0. The minimum atomic E-state index is 0.537. The molecule has 0 bridgehead atoms. The summed E-state index contributed by atoms with van der Waals surface area (Å²) >= 11 is 0. The highest BCUT2D eigenvalue weighted by Gasteiger charge is 2.26. The first-order chi connectivity index (χ1) is 9.09. The van der Waals surface area contributed by atoms with Gasteiger partial charge in [-0.2, -0.15) is 0 Å². The molecule has 1 aliphatic heterocycles. The van der Waals surface area contributed by atoms with Gasteiger partial charge in [0, 0.05) is 12.6 Å². The Morgan fingerprint density at radius 2 is 1.79 bits per heavy atom. The second kappa shape index (κ2) is 8.97. The predicted octanol–water partition coefficient (Wildman–Crippen LogP) is 4.19. The van der Waals surface area contributed by atoms with Gasteiger partial charge in [0.15, 0.2) is 0 Å². The summed E-state index contributed by atoms with van der Waals surface area (Å²) in [4.78, 5) is 2.68. The molecule has 1 aliphatic rings. The van der Waals surface area contributed by atoms with E-state index < -0.39 is 0 Å². The smallest absolute Gasteiger partial charge is 0.0218 e. The number of unbranched alkanes of at least 4 members (excludes halogenated alkanes) is 4. The molecule has 1 unspecified atom stereocenters. The van der Waals surface area contributed by atoms with Gasteiger partial charge in [0.05, 0.1) is 0 Å². The van der Waals surface area contributed by atoms with E-state index in [0.717, 1.165) is 6.54 Å². The van der Waals surface area contributed by atoms with Crippen LogP contribution in [0.25, 0.3) is 0 Å². The standard InChI is InChI=1S/C17H36N2/c1-4-5-6-7-8-10-16(15-18)19-13-9-11-17(2,3)12-14-19/h16H,4-15,18H2,1-3H3. The van der Waals surface area contributed by atoms with Gasteiger partial charge in [-0.1, -0.05) is 52.9 Å². The van der Waals surface area contributed by atoms with Crippen molar-refractivity contribution >= 4 is 0 Å². The van der Waals surface area contributed by atoms with Crippen LogP contribution in [0.15, 0.2) is 0 Å². The average molecular weight is 268 g/mol. The third-order valence-electron chi connectivity index (χ3n) is 4.80. The van der Waals surface area contributed by atoms with Crippen molar-refractivity contribution in [3.8, 4) is 0 Å². The highest BCUT2D eigenvalue weighted by Crippen LogP contribution is 2.30. The third kappa shape index (κ3) is 6.76. The molecule has 2 N–H and O–H groups in total. The van der Waals surface area contributed by atoms with Crippen LogP contribution in [0.5, 0.6) is 0 Å². The van der Waals surface area contributed by atoms with E-state index >= 15 is 0 Å². The zero-order chi connectivity index (χ0) is 14.1. The van der Waals surface area contributed by atoms with Gasteiger partial charge in [-0.15, -0.1) is 0 Å². The largest absolute Gasteiger partial charge is 0.329 e. The molecule has 0 aliphatic carbocycles. The van der Waals surface area contributed by atoms with Gasteiger partial charge < -0.3 is 5.73 Å². The lowest BCUT2D eigenvalue weighted by atomic mass is 9.85. The third-order valence-corrected chi connectivity index (χ3v) is 4.80. The summed E-state index contributed by atoms with van der Waals surface area (Å²) in [5, 5.41) is 0. The van der Waals surface area contributed by atoms with Gasteiger partial charge in [-0.25, -0.2) is 0 Å². The number of hydrogen-bond acceptors (Lipinski definition) is 2. The lowest BCUT2D eigenvalue weighted by Gasteiger charge is -2.30. The molecule has 1 atom stereocenters. The van der Waals surface area contributed by atoms with Crippen molar-refractivity contribution in [2.24, 2.45) is 11.1 Å². The highest BCUT2D eigenvalue weighted by atomic mass is 15.2. The van der Waals surface area contributed by atoms with Crippen molar-refractivity contribution in [2.75, 3.05) is 19.6 Å². The molecule has 1 rings (SSSR count). The summed E-state index contributed by atoms with van der Waals surface area (Å²) in [6.45, 7) is 10.5. The molecular formula is C17H36N2. The summed E-state index contributed by atoms with van der Waals surface area (Å²) < 4.78 is 0. The van der Waals surface area contributed by atoms with Crippen molar-refractivity contribution in [1.29, 1.82) is 0 Å². The maximum absolute atomic E-state index is 6.02. The van der Waals surface area contributed by atoms with Crippen LogP contribution in [-0.4, -0.2) is 30.6 Å². The van der Waals surface area contributed by atoms with E-state index in [0.29, 0.717) is 11.5 Å². The van der Waals surface area contributed by atoms with Gasteiger partial charge in [0.2, 0.25) is 0 Å². The maximum atomic E-state index is 6.02. The summed E-state index contributed by atoms with van der Waals surface area (Å²) in [6.07, 6.45) is 12.2. The van der Waals surface area contributed by atoms with Gasteiger partial charge in [-0.05, 0) is 44.2 Å². The van der Waals surface area contributed by atoms with E-state index in [1.165, 1.54) is 70.9 Å². The van der Waals surface area contributed by atoms with Crippen LogP contribution < -0.4 is 5.73 Å². The van der Waals surface area contributed by atoms with Crippen LogP contribution in [0.4, 0.5) is 0 Å². The minimum absolute atomic E-state index is 0.537. The highest BCUT2D eigenvalue weighted by molar-refractivity contribution is 4.80. The molecule has 0 aromatic heterocycles. The second-order valence-corrected chi connectivity index (χ2v) is 7.15. The lowest BCUT2D eigenvalue weighted by molar-refractivity contribution is 0.186. The first-order valence-corrected chi connectivity index (χ1v) is 8.53. The fourth-order valence-corrected chi connectivity index (χ4v) is 3.24. The Hall–Kier alpha value is -0.0800. The molecule has 0 radical (unpaired) electrons. The minimum Gasteiger partial charge on any atom is -0.329 e. The number of hydrogen-bond donors (Lipinski definition) is 1. The van der Waals surface area contributed by atoms with E-state index in [-0.39, 0.29) is 0 Å². The number of nitrogens with two attached hydrogens (primary N) is 1. The van der Waals surface area contributed by atoms with E-state index in [2.05, 4.69) is 25.7 Å². The van der Waals surface area contributed by atoms with Crippen LogP contribution in [0.2, 0.25) is 0 Å². The molecule has 0 saturated carbocycles. The summed E-state index contributed by atoms with van der Waals surface area (Å²) in [7, 11) is 0. The first-order valence-electron chi connectivity index (χ1n) is 8.53. The van der Waals surface area contributed by atoms with Crippen LogP contribution in [-0.2, 0) is 0 Å². The van der Waals surface area contributed by atoms with Crippen molar-refractivity contribution in [2.45, 2.75) is 84.6 Å². The van der Waals surface area contributed by atoms with Crippen LogP contribution in [0, 0.1) is 5.41 Å². The molecule has 2 nitrogen and oxygen atoms in total. The SMILES string of the molecule is CCCCCCCC(CN)N1CCCC(C)(C)CC1. The fourth-order valence-electron chi connectivity index (χ4n) is 3.24. The molecule has 0 aromatic rings. The van der Waals surface area contributed by atoms with Crippen molar-refractivity contribution < 1.29 is 0 Å². The predicted molar refractivity (Wildman–Crippen MR) is 85.4 cm³/mol. The van der Waals surface area contributed by atoms with Crippen LogP contribution >= 0.6 is 0 Å². The summed E-state index contributed by atoms with van der Waals surface area (Å²) in [5.74, 6) is 0. The van der Waals surface area contributed by atoms with Gasteiger partial charge >= 0.3 is 0 Å². The monoisotopic (exact) mass is 268 g/mol. The van der Waals surface area contributed by atoms with Gasteiger partial charge in [-0.3, -0.25) is 4.90 Å². The Balaban J connectivity index is 2.29. The normalized spacial score (nSPS) is 22.1. The zero-order valence-electron chi connectivity index (χ0n) is 13.6. The quantitative estimate of drug-likeness (QED) is 0.669. The Morgan fingerprint density at radius 3 is 2.47 bits per heavy atom. The van der Waals surface area contributed by atoms with Crippen molar-refractivity contribution in [1.82, 2.24) is 4.90 Å². The zero-order valence-corrected chi connectivity index (χ0v) is 13.6. The molecule has 0 amide bonds. The molecule has 114 valence electrons. The number of likely N-dealkylation sites (tertiary alicyclic amines) is 1. The lowest BCUT2D eigenvalue weighted by Crippen LogP contribution is -2.41. The van der Waals surface area contributed by atoms with Crippen LogP contribution in [0.1, 0.15) is 78.6 Å². The van der Waals surface area contributed by atoms with E-state index in [9.17, 15) is 0 Å². The van der Waals surface area contributed by atoms with Crippen LogP contribution in [0.3, 0.4) is 0 Å². The van der Waals surface area contributed by atoms with Crippen molar-refractivity contribution in [3.63, 3.8) is 0 Å². The summed E-state index contributed by atoms with van der Waals surface area (Å²) in [5.41, 5.74) is 6.56. The maximum Gasteiger partial charge on any atom is 0.0218 e. The molecule has 0 aromatic carbocycles. The number of rotatable bonds is 8. The Bertz CT molecular complexity index is 225. The molecule has 1 saturated heterocycles. The van der Waals surface area contributed by atoms with E-state index in [4.69, 9.17) is 5.73 Å². The Labute approximate surface area is 121 Å². The number of nitrogens with zero attached hydrogens (tertiary/aromatic N) is 1. The van der Waals surface area contributed by atoms with Crippen molar-refractivity contribution in [3.05, 3.63) is 0 Å². The van der Waals surface area contributed by atoms with E-state index in [1.807, 2.05) is 0 Å². The molecular weight excluding hydrogens is 232 g/mol. The van der Waals surface area contributed by atoms with Gasteiger partial charge in [0.25, 0.3) is 0 Å². The topological polar surface area (TPSA) is 29.3 Å². The molecule has 19 heavy (non-hydrogen) atoms. The Morgan fingerprint density at radius 1 is 1.05 bits per heavy atom. The fraction of sp³-hybridized carbons (Fsp3) is 1.00.